The van der Waals surface area contributed by atoms with Crippen LogP contribution in [0, 0.1) is 5.92 Å². The third-order valence-corrected chi connectivity index (χ3v) is 2.24. The molecule has 2 N–H and O–H groups in total. The van der Waals surface area contributed by atoms with Gasteiger partial charge in [-0.25, -0.2) is 4.98 Å². The minimum atomic E-state index is 0.643. The fourth-order valence-corrected chi connectivity index (χ4v) is 1.60. The highest BCUT2D eigenvalue weighted by molar-refractivity contribution is 4.83. The molecular weight excluding hydrogens is 190 g/mol. The molecule has 0 aliphatic heterocycles. The molecule has 86 valence electrons. The van der Waals surface area contributed by atoms with Gasteiger partial charge in [0.15, 0.2) is 0 Å². The molecule has 1 heterocycles. The summed E-state index contributed by atoms with van der Waals surface area (Å²) in [7, 11) is 1.92. The van der Waals surface area contributed by atoms with Crippen molar-refractivity contribution >= 4 is 0 Å². The Morgan fingerprint density at radius 3 is 2.73 bits per heavy atom. The lowest BCUT2D eigenvalue weighted by atomic mass is 10.2. The zero-order valence-electron chi connectivity index (χ0n) is 9.85. The van der Waals surface area contributed by atoms with Crippen molar-refractivity contribution in [1.82, 2.24) is 19.7 Å². The molecule has 0 amide bonds. The number of hydrogen-bond acceptors (Lipinski definition) is 4. The summed E-state index contributed by atoms with van der Waals surface area (Å²) in [6, 6.07) is 0. The average molecular weight is 211 g/mol. The molecule has 0 fully saturated rings. The predicted molar refractivity (Wildman–Crippen MR) is 60.2 cm³/mol. The molecule has 0 aliphatic carbocycles. The molecule has 0 unspecified atom stereocenters. The highest BCUT2D eigenvalue weighted by Gasteiger charge is 2.10. The third-order valence-electron chi connectivity index (χ3n) is 2.24. The van der Waals surface area contributed by atoms with Crippen molar-refractivity contribution < 1.29 is 0 Å². The van der Waals surface area contributed by atoms with Crippen LogP contribution in [0.15, 0.2) is 6.33 Å². The molecule has 0 aromatic carbocycles. The molecule has 0 radical (unpaired) electrons. The second-order valence-corrected chi connectivity index (χ2v) is 4.22. The summed E-state index contributed by atoms with van der Waals surface area (Å²) < 4.78 is 1.81. The van der Waals surface area contributed by atoms with E-state index < -0.39 is 0 Å². The maximum Gasteiger partial charge on any atom is 0.140 e. The van der Waals surface area contributed by atoms with Gasteiger partial charge in [-0.05, 0) is 5.92 Å². The molecule has 5 nitrogen and oxygen atoms in total. The highest BCUT2D eigenvalue weighted by Crippen LogP contribution is 2.03. The Labute approximate surface area is 91.3 Å². The fourth-order valence-electron chi connectivity index (χ4n) is 1.60. The van der Waals surface area contributed by atoms with Gasteiger partial charge in [-0.2, -0.15) is 5.10 Å². The fraction of sp³-hybridized carbons (Fsp3) is 0.800. The summed E-state index contributed by atoms with van der Waals surface area (Å²) in [5.74, 6) is 1.63. The summed E-state index contributed by atoms with van der Waals surface area (Å²) in [4.78, 5) is 6.53. The molecule has 5 heteroatoms. The van der Waals surface area contributed by atoms with E-state index in [1.807, 2.05) is 11.7 Å². The third kappa shape index (κ3) is 3.97. The number of nitrogens with zero attached hydrogens (tertiary/aromatic N) is 4. The minimum absolute atomic E-state index is 0.643. The number of hydrogen-bond donors (Lipinski definition) is 1. The van der Waals surface area contributed by atoms with E-state index in [0.717, 1.165) is 25.5 Å². The maximum absolute atomic E-state index is 5.59. The van der Waals surface area contributed by atoms with E-state index in [1.165, 1.54) is 0 Å². The van der Waals surface area contributed by atoms with Crippen molar-refractivity contribution in [3.05, 3.63) is 12.2 Å². The minimum Gasteiger partial charge on any atom is -0.329 e. The lowest BCUT2D eigenvalue weighted by Gasteiger charge is -2.22. The van der Waals surface area contributed by atoms with Crippen LogP contribution >= 0.6 is 0 Å². The van der Waals surface area contributed by atoms with Gasteiger partial charge in [0.25, 0.3) is 0 Å². The largest absolute Gasteiger partial charge is 0.329 e. The van der Waals surface area contributed by atoms with E-state index in [1.54, 1.807) is 6.33 Å². The Balaban J connectivity index is 2.54. The topological polar surface area (TPSA) is 60.0 Å². The van der Waals surface area contributed by atoms with Gasteiger partial charge in [-0.15, -0.1) is 0 Å². The van der Waals surface area contributed by atoms with Crippen LogP contribution in [-0.4, -0.2) is 39.3 Å². The van der Waals surface area contributed by atoms with Crippen LogP contribution in [0.1, 0.15) is 19.7 Å². The molecule has 1 aromatic rings. The molecule has 0 bridgehead atoms. The van der Waals surface area contributed by atoms with Crippen molar-refractivity contribution in [1.29, 1.82) is 0 Å². The highest BCUT2D eigenvalue weighted by atomic mass is 15.3. The summed E-state index contributed by atoms with van der Waals surface area (Å²) in [5.41, 5.74) is 5.59. The predicted octanol–water partition coefficient (Wildman–Crippen LogP) is 0.232. The molecule has 0 aliphatic rings. The summed E-state index contributed by atoms with van der Waals surface area (Å²) >= 11 is 0. The van der Waals surface area contributed by atoms with Crippen LogP contribution in [-0.2, 0) is 13.6 Å². The standard InChI is InChI=1S/C10H21N5/c1-9(2)6-15(5-4-11)7-10-12-8-13-14(10)3/h8-9H,4-7,11H2,1-3H3. The molecule has 1 aromatic heterocycles. The van der Waals surface area contributed by atoms with E-state index >= 15 is 0 Å². The monoisotopic (exact) mass is 211 g/mol. The summed E-state index contributed by atoms with van der Waals surface area (Å²) in [6.45, 7) is 7.88. The molecule has 0 spiro atoms. The summed E-state index contributed by atoms with van der Waals surface area (Å²) in [5, 5.41) is 4.06. The van der Waals surface area contributed by atoms with Gasteiger partial charge in [-0.1, -0.05) is 13.8 Å². The van der Waals surface area contributed by atoms with E-state index in [-0.39, 0.29) is 0 Å². The van der Waals surface area contributed by atoms with E-state index in [4.69, 9.17) is 5.73 Å². The number of rotatable bonds is 6. The van der Waals surface area contributed by atoms with Gasteiger partial charge in [-0.3, -0.25) is 9.58 Å². The van der Waals surface area contributed by atoms with Gasteiger partial charge in [0.1, 0.15) is 12.2 Å². The number of aryl methyl sites for hydroxylation is 1. The molecule has 0 atom stereocenters. The zero-order valence-corrected chi connectivity index (χ0v) is 9.85. The second kappa shape index (κ2) is 5.82. The smallest absolute Gasteiger partial charge is 0.140 e. The van der Waals surface area contributed by atoms with Crippen LogP contribution in [0.25, 0.3) is 0 Å². The second-order valence-electron chi connectivity index (χ2n) is 4.22. The SMILES string of the molecule is CC(C)CN(CCN)Cc1ncnn1C. The van der Waals surface area contributed by atoms with Crippen LogP contribution in [0.3, 0.4) is 0 Å². The van der Waals surface area contributed by atoms with Crippen molar-refractivity contribution in [2.24, 2.45) is 18.7 Å². The zero-order chi connectivity index (χ0) is 11.3. The normalized spacial score (nSPS) is 11.6. The first-order valence-electron chi connectivity index (χ1n) is 5.38. The molecule has 0 saturated carbocycles. The van der Waals surface area contributed by atoms with Gasteiger partial charge in [0.2, 0.25) is 0 Å². The van der Waals surface area contributed by atoms with E-state index in [9.17, 15) is 0 Å². The Hall–Kier alpha value is -0.940. The Bertz CT molecular complexity index is 281. The van der Waals surface area contributed by atoms with Crippen molar-refractivity contribution in [3.63, 3.8) is 0 Å². The van der Waals surface area contributed by atoms with E-state index in [2.05, 4.69) is 28.8 Å². The van der Waals surface area contributed by atoms with Crippen LogP contribution < -0.4 is 5.73 Å². The summed E-state index contributed by atoms with van der Waals surface area (Å²) in [6.07, 6.45) is 1.59. The van der Waals surface area contributed by atoms with Crippen molar-refractivity contribution in [2.45, 2.75) is 20.4 Å². The Morgan fingerprint density at radius 1 is 1.53 bits per heavy atom. The lowest BCUT2D eigenvalue weighted by Crippen LogP contribution is -2.33. The van der Waals surface area contributed by atoms with Crippen molar-refractivity contribution in [2.75, 3.05) is 19.6 Å². The first kappa shape index (κ1) is 12.1. The quantitative estimate of drug-likeness (QED) is 0.732. The molecule has 15 heavy (non-hydrogen) atoms. The van der Waals surface area contributed by atoms with Gasteiger partial charge in [0, 0.05) is 26.7 Å². The van der Waals surface area contributed by atoms with Crippen LogP contribution in [0.2, 0.25) is 0 Å². The first-order chi connectivity index (χ1) is 7.13. The van der Waals surface area contributed by atoms with Crippen molar-refractivity contribution in [3.8, 4) is 0 Å². The van der Waals surface area contributed by atoms with Crippen LogP contribution in [0.5, 0.6) is 0 Å². The van der Waals surface area contributed by atoms with Gasteiger partial charge < -0.3 is 5.73 Å². The maximum atomic E-state index is 5.59. The average Bonchev–Trinajstić information content (AvgIpc) is 2.51. The Morgan fingerprint density at radius 2 is 2.27 bits per heavy atom. The lowest BCUT2D eigenvalue weighted by molar-refractivity contribution is 0.234. The van der Waals surface area contributed by atoms with Crippen LogP contribution in [0.4, 0.5) is 0 Å². The Kier molecular flexibility index (Phi) is 4.71. The van der Waals surface area contributed by atoms with Gasteiger partial charge >= 0.3 is 0 Å². The van der Waals surface area contributed by atoms with E-state index in [0.29, 0.717) is 12.5 Å². The number of aromatic nitrogens is 3. The van der Waals surface area contributed by atoms with Gasteiger partial charge in [0.05, 0.1) is 6.54 Å². The molecular formula is C10H21N5. The molecule has 0 saturated heterocycles. The number of nitrogens with two attached hydrogens (primary N) is 1. The first-order valence-corrected chi connectivity index (χ1v) is 5.38. The molecule has 1 rings (SSSR count).